The number of para-hydroxylation sites is 1. The summed E-state index contributed by atoms with van der Waals surface area (Å²) in [6.07, 6.45) is 1.21. The molecule has 1 aromatic rings. The topological polar surface area (TPSA) is 48.9 Å². The molecule has 1 heterocycles. The number of hydrogen-bond donors (Lipinski definition) is 2. The van der Waals surface area contributed by atoms with Gasteiger partial charge in [0.05, 0.1) is 6.61 Å². The van der Waals surface area contributed by atoms with E-state index in [-0.39, 0.29) is 0 Å². The summed E-state index contributed by atoms with van der Waals surface area (Å²) in [4.78, 5) is 7.19. The molecule has 23 heavy (non-hydrogen) atoms. The molecule has 1 aliphatic rings. The van der Waals surface area contributed by atoms with E-state index in [1.54, 1.807) is 0 Å². The van der Waals surface area contributed by atoms with Crippen molar-refractivity contribution in [2.45, 2.75) is 20.3 Å². The minimum absolute atomic E-state index is 0.623. The van der Waals surface area contributed by atoms with E-state index in [0.29, 0.717) is 12.5 Å². The molecule has 0 spiro atoms. The Balaban J connectivity index is 1.78. The van der Waals surface area contributed by atoms with E-state index in [1.807, 2.05) is 6.92 Å². The van der Waals surface area contributed by atoms with Crippen molar-refractivity contribution in [3.63, 3.8) is 0 Å². The molecule has 2 rings (SSSR count). The Morgan fingerprint density at radius 1 is 1.26 bits per heavy atom. The van der Waals surface area contributed by atoms with E-state index >= 15 is 0 Å². The van der Waals surface area contributed by atoms with Gasteiger partial charge in [-0.05, 0) is 38.3 Å². The third-order valence-electron chi connectivity index (χ3n) is 4.00. The molecule has 2 N–H and O–H groups in total. The first kappa shape index (κ1) is 17.6. The summed E-state index contributed by atoms with van der Waals surface area (Å²) >= 11 is 0. The van der Waals surface area contributed by atoms with Crippen molar-refractivity contribution in [3.05, 3.63) is 30.3 Å². The minimum Gasteiger partial charge on any atom is -0.380 e. The second-order valence-electron chi connectivity index (χ2n) is 5.78. The van der Waals surface area contributed by atoms with E-state index < -0.39 is 0 Å². The van der Waals surface area contributed by atoms with Crippen molar-refractivity contribution < 1.29 is 4.74 Å². The van der Waals surface area contributed by atoms with Crippen LogP contribution in [0, 0.1) is 5.92 Å². The van der Waals surface area contributed by atoms with Gasteiger partial charge in [-0.15, -0.1) is 0 Å². The Hall–Kier alpha value is -1.75. The van der Waals surface area contributed by atoms with Crippen LogP contribution in [0.25, 0.3) is 0 Å². The fourth-order valence-corrected chi connectivity index (χ4v) is 2.80. The summed E-state index contributed by atoms with van der Waals surface area (Å²) in [5.74, 6) is 1.52. The standard InChI is InChI=1S/C18H30N4O/c1-3-19-18(20-11-13-23-4-2)21-14-16-10-12-22(15-16)17-8-6-5-7-9-17/h5-9,16H,3-4,10-15H2,1-2H3,(H2,19,20,21). The normalized spacial score (nSPS) is 18.3. The number of rotatable bonds is 8. The van der Waals surface area contributed by atoms with Gasteiger partial charge in [-0.25, -0.2) is 0 Å². The van der Waals surface area contributed by atoms with E-state index in [9.17, 15) is 0 Å². The number of aliphatic imine (C=N–C) groups is 1. The van der Waals surface area contributed by atoms with Crippen LogP contribution in [0.3, 0.4) is 0 Å². The third kappa shape index (κ3) is 6.10. The molecule has 128 valence electrons. The van der Waals surface area contributed by atoms with Gasteiger partial charge in [-0.2, -0.15) is 0 Å². The molecule has 1 unspecified atom stereocenters. The summed E-state index contributed by atoms with van der Waals surface area (Å²) in [6.45, 7) is 10.3. The molecule has 0 aromatic heterocycles. The van der Waals surface area contributed by atoms with Crippen LogP contribution in [0.4, 0.5) is 5.69 Å². The minimum atomic E-state index is 0.623. The molecule has 1 saturated heterocycles. The first-order chi connectivity index (χ1) is 11.3. The van der Waals surface area contributed by atoms with Crippen LogP contribution < -0.4 is 15.5 Å². The van der Waals surface area contributed by atoms with Gasteiger partial charge in [0.1, 0.15) is 0 Å². The molecule has 1 atom stereocenters. The number of anilines is 1. The Bertz CT molecular complexity index is 463. The first-order valence-electron chi connectivity index (χ1n) is 8.73. The summed E-state index contributed by atoms with van der Waals surface area (Å²) in [7, 11) is 0. The first-order valence-corrected chi connectivity index (χ1v) is 8.73. The van der Waals surface area contributed by atoms with Crippen LogP contribution in [-0.2, 0) is 4.74 Å². The summed E-state index contributed by atoms with van der Waals surface area (Å²) in [6, 6.07) is 10.6. The number of ether oxygens (including phenoxy) is 1. The lowest BCUT2D eigenvalue weighted by molar-refractivity contribution is 0.152. The largest absolute Gasteiger partial charge is 0.380 e. The molecule has 0 saturated carbocycles. The Morgan fingerprint density at radius 3 is 2.83 bits per heavy atom. The molecule has 0 radical (unpaired) electrons. The van der Waals surface area contributed by atoms with Gasteiger partial charge in [0, 0.05) is 45.0 Å². The zero-order chi connectivity index (χ0) is 16.3. The Labute approximate surface area is 140 Å². The lowest BCUT2D eigenvalue weighted by Gasteiger charge is -2.18. The van der Waals surface area contributed by atoms with Crippen LogP contribution in [-0.4, -0.2) is 51.9 Å². The number of hydrogen-bond acceptors (Lipinski definition) is 3. The van der Waals surface area contributed by atoms with Crippen molar-refractivity contribution >= 4 is 11.6 Å². The van der Waals surface area contributed by atoms with Crippen molar-refractivity contribution in [1.29, 1.82) is 0 Å². The summed E-state index contributed by atoms with van der Waals surface area (Å²) in [5.41, 5.74) is 1.32. The van der Waals surface area contributed by atoms with Crippen molar-refractivity contribution in [2.75, 3.05) is 50.8 Å². The monoisotopic (exact) mass is 318 g/mol. The van der Waals surface area contributed by atoms with Gasteiger partial charge in [0.2, 0.25) is 0 Å². The van der Waals surface area contributed by atoms with Gasteiger partial charge in [-0.3, -0.25) is 4.99 Å². The second kappa shape index (κ2) is 10.1. The highest BCUT2D eigenvalue weighted by atomic mass is 16.5. The third-order valence-corrected chi connectivity index (χ3v) is 4.00. The van der Waals surface area contributed by atoms with Crippen LogP contribution in [0.5, 0.6) is 0 Å². The van der Waals surface area contributed by atoms with Crippen LogP contribution >= 0.6 is 0 Å². The lowest BCUT2D eigenvalue weighted by Crippen LogP contribution is -2.39. The van der Waals surface area contributed by atoms with Gasteiger partial charge in [0.25, 0.3) is 0 Å². The molecular weight excluding hydrogens is 288 g/mol. The van der Waals surface area contributed by atoms with Crippen LogP contribution in [0.1, 0.15) is 20.3 Å². The molecule has 0 aliphatic carbocycles. The molecule has 1 fully saturated rings. The van der Waals surface area contributed by atoms with Gasteiger partial charge in [0.15, 0.2) is 5.96 Å². The average Bonchev–Trinajstić information content (AvgIpc) is 3.06. The van der Waals surface area contributed by atoms with Gasteiger partial charge >= 0.3 is 0 Å². The van der Waals surface area contributed by atoms with Crippen molar-refractivity contribution in [2.24, 2.45) is 10.9 Å². The van der Waals surface area contributed by atoms with Gasteiger partial charge < -0.3 is 20.3 Å². The zero-order valence-electron chi connectivity index (χ0n) is 14.4. The molecule has 5 heteroatoms. The lowest BCUT2D eigenvalue weighted by atomic mass is 10.1. The summed E-state index contributed by atoms with van der Waals surface area (Å²) in [5, 5.41) is 6.62. The number of nitrogens with zero attached hydrogens (tertiary/aromatic N) is 2. The molecule has 5 nitrogen and oxygen atoms in total. The SMILES string of the molecule is CCNC(=NCC1CCN(c2ccccc2)C1)NCCOCC. The highest BCUT2D eigenvalue weighted by Crippen LogP contribution is 2.23. The molecule has 1 aliphatic heterocycles. The Morgan fingerprint density at radius 2 is 2.09 bits per heavy atom. The zero-order valence-corrected chi connectivity index (χ0v) is 14.4. The fourth-order valence-electron chi connectivity index (χ4n) is 2.80. The highest BCUT2D eigenvalue weighted by molar-refractivity contribution is 5.79. The van der Waals surface area contributed by atoms with E-state index in [4.69, 9.17) is 9.73 Å². The number of guanidine groups is 1. The second-order valence-corrected chi connectivity index (χ2v) is 5.78. The fraction of sp³-hybridized carbons (Fsp3) is 0.611. The predicted molar refractivity (Wildman–Crippen MR) is 97.2 cm³/mol. The van der Waals surface area contributed by atoms with Crippen LogP contribution in [0.15, 0.2) is 35.3 Å². The van der Waals surface area contributed by atoms with Gasteiger partial charge in [-0.1, -0.05) is 18.2 Å². The molecular formula is C18H30N4O. The number of nitrogens with one attached hydrogen (secondary N) is 2. The molecule has 1 aromatic carbocycles. The smallest absolute Gasteiger partial charge is 0.191 e. The van der Waals surface area contributed by atoms with E-state index in [2.05, 4.69) is 52.8 Å². The van der Waals surface area contributed by atoms with Crippen molar-refractivity contribution in [3.8, 4) is 0 Å². The maximum absolute atomic E-state index is 5.35. The maximum Gasteiger partial charge on any atom is 0.191 e. The van der Waals surface area contributed by atoms with E-state index in [0.717, 1.165) is 45.3 Å². The average molecular weight is 318 g/mol. The van der Waals surface area contributed by atoms with Crippen LogP contribution in [0.2, 0.25) is 0 Å². The maximum atomic E-state index is 5.35. The molecule has 0 amide bonds. The Kier molecular flexibility index (Phi) is 7.73. The highest BCUT2D eigenvalue weighted by Gasteiger charge is 2.22. The van der Waals surface area contributed by atoms with Crippen molar-refractivity contribution in [1.82, 2.24) is 10.6 Å². The quantitative estimate of drug-likeness (QED) is 0.438. The number of benzene rings is 1. The molecule has 0 bridgehead atoms. The predicted octanol–water partition coefficient (Wildman–Crippen LogP) is 2.10. The van der Waals surface area contributed by atoms with E-state index in [1.165, 1.54) is 12.1 Å². The summed E-state index contributed by atoms with van der Waals surface area (Å²) < 4.78 is 5.35.